The van der Waals surface area contributed by atoms with Crippen LogP contribution in [0.3, 0.4) is 0 Å². The second-order valence-corrected chi connectivity index (χ2v) is 6.25. The summed E-state index contributed by atoms with van der Waals surface area (Å²) in [5, 5.41) is 2.05. The van der Waals surface area contributed by atoms with Crippen LogP contribution >= 0.6 is 31.9 Å². The average Bonchev–Trinajstić information content (AvgIpc) is 2.48. The van der Waals surface area contributed by atoms with E-state index in [1.54, 1.807) is 0 Å². The van der Waals surface area contributed by atoms with Gasteiger partial charge < -0.3 is 0 Å². The molecular formula is C17H10Br2O. The van der Waals surface area contributed by atoms with Gasteiger partial charge in [-0.1, -0.05) is 74.3 Å². The fraction of sp³-hybridized carbons (Fsp3) is 0. The van der Waals surface area contributed by atoms with Crippen molar-refractivity contribution in [1.29, 1.82) is 0 Å². The Hall–Kier alpha value is -1.45. The van der Waals surface area contributed by atoms with Crippen molar-refractivity contribution >= 4 is 48.4 Å². The molecule has 0 fully saturated rings. The van der Waals surface area contributed by atoms with Crippen molar-refractivity contribution in [3.8, 4) is 0 Å². The van der Waals surface area contributed by atoms with Gasteiger partial charge in [0.15, 0.2) is 5.78 Å². The van der Waals surface area contributed by atoms with E-state index in [0.717, 1.165) is 25.3 Å². The zero-order valence-corrected chi connectivity index (χ0v) is 13.6. The van der Waals surface area contributed by atoms with Crippen molar-refractivity contribution in [3.63, 3.8) is 0 Å². The van der Waals surface area contributed by atoms with E-state index >= 15 is 0 Å². The van der Waals surface area contributed by atoms with Crippen molar-refractivity contribution in [2.75, 3.05) is 0 Å². The molecule has 0 amide bonds. The maximum Gasteiger partial charge on any atom is 0.194 e. The molecule has 3 aromatic rings. The lowest BCUT2D eigenvalue weighted by atomic mass is 9.97. The van der Waals surface area contributed by atoms with Crippen LogP contribution in [0.5, 0.6) is 0 Å². The van der Waals surface area contributed by atoms with E-state index in [4.69, 9.17) is 0 Å². The number of hydrogen-bond acceptors (Lipinski definition) is 1. The van der Waals surface area contributed by atoms with Gasteiger partial charge in [0.1, 0.15) is 0 Å². The summed E-state index contributed by atoms with van der Waals surface area (Å²) < 4.78 is 1.70. The Morgan fingerprint density at radius 2 is 1.55 bits per heavy atom. The SMILES string of the molecule is O=C(c1cc(Br)ccc1Br)c1cccc2ccccc12. The van der Waals surface area contributed by atoms with E-state index in [-0.39, 0.29) is 5.78 Å². The van der Waals surface area contributed by atoms with E-state index in [9.17, 15) is 4.79 Å². The average molecular weight is 390 g/mol. The van der Waals surface area contributed by atoms with E-state index < -0.39 is 0 Å². The van der Waals surface area contributed by atoms with E-state index in [1.807, 2.05) is 60.7 Å². The highest BCUT2D eigenvalue weighted by Crippen LogP contribution is 2.27. The predicted molar refractivity (Wildman–Crippen MR) is 89.2 cm³/mol. The molecule has 20 heavy (non-hydrogen) atoms. The maximum absolute atomic E-state index is 12.8. The highest BCUT2D eigenvalue weighted by molar-refractivity contribution is 9.11. The lowest BCUT2D eigenvalue weighted by Crippen LogP contribution is -2.03. The Balaban J connectivity index is 2.20. The molecule has 0 aromatic heterocycles. The lowest BCUT2D eigenvalue weighted by molar-refractivity contribution is 0.103. The second kappa shape index (κ2) is 5.51. The monoisotopic (exact) mass is 388 g/mol. The fourth-order valence-corrected chi connectivity index (χ4v) is 3.03. The smallest absolute Gasteiger partial charge is 0.194 e. The third-order valence-electron chi connectivity index (χ3n) is 3.21. The highest BCUT2D eigenvalue weighted by Gasteiger charge is 2.15. The van der Waals surface area contributed by atoms with Crippen LogP contribution in [0.1, 0.15) is 15.9 Å². The lowest BCUT2D eigenvalue weighted by Gasteiger charge is -2.08. The molecule has 98 valence electrons. The van der Waals surface area contributed by atoms with Gasteiger partial charge in [-0.3, -0.25) is 4.79 Å². The number of benzene rings is 3. The number of carbonyl (C=O) groups excluding carboxylic acids is 1. The van der Waals surface area contributed by atoms with Crippen LogP contribution in [0.2, 0.25) is 0 Å². The van der Waals surface area contributed by atoms with Gasteiger partial charge in [-0.25, -0.2) is 0 Å². The van der Waals surface area contributed by atoms with Gasteiger partial charge in [0.25, 0.3) is 0 Å². The molecule has 3 aromatic carbocycles. The summed E-state index contributed by atoms with van der Waals surface area (Å²) in [7, 11) is 0. The molecule has 0 saturated heterocycles. The maximum atomic E-state index is 12.8. The van der Waals surface area contributed by atoms with Crippen LogP contribution in [-0.4, -0.2) is 5.78 Å². The van der Waals surface area contributed by atoms with Crippen LogP contribution in [-0.2, 0) is 0 Å². The van der Waals surface area contributed by atoms with E-state index in [2.05, 4.69) is 31.9 Å². The fourth-order valence-electron chi connectivity index (χ4n) is 2.24. The molecular weight excluding hydrogens is 380 g/mol. The number of rotatable bonds is 2. The van der Waals surface area contributed by atoms with Crippen LogP contribution in [0.15, 0.2) is 69.6 Å². The summed E-state index contributed by atoms with van der Waals surface area (Å²) >= 11 is 6.86. The molecule has 0 atom stereocenters. The van der Waals surface area contributed by atoms with Crippen LogP contribution in [0, 0.1) is 0 Å². The molecule has 0 spiro atoms. The molecule has 0 aliphatic rings. The molecule has 0 aliphatic carbocycles. The first-order valence-corrected chi connectivity index (χ1v) is 7.73. The van der Waals surface area contributed by atoms with Gasteiger partial charge in [-0.2, -0.15) is 0 Å². The van der Waals surface area contributed by atoms with Crippen LogP contribution in [0.25, 0.3) is 10.8 Å². The first-order chi connectivity index (χ1) is 9.66. The van der Waals surface area contributed by atoms with Crippen molar-refractivity contribution in [3.05, 3.63) is 80.7 Å². The first-order valence-electron chi connectivity index (χ1n) is 6.14. The summed E-state index contributed by atoms with van der Waals surface area (Å²) in [6.45, 7) is 0. The Labute approximate surface area is 133 Å². The summed E-state index contributed by atoms with van der Waals surface area (Å²) in [4.78, 5) is 12.8. The molecule has 0 radical (unpaired) electrons. The minimum atomic E-state index is 0.0231. The van der Waals surface area contributed by atoms with Gasteiger partial charge in [0.05, 0.1) is 0 Å². The number of hydrogen-bond donors (Lipinski definition) is 0. The van der Waals surface area contributed by atoms with E-state index in [1.165, 1.54) is 0 Å². The molecule has 3 rings (SSSR count). The Morgan fingerprint density at radius 3 is 2.40 bits per heavy atom. The molecule has 0 N–H and O–H groups in total. The number of carbonyl (C=O) groups is 1. The zero-order chi connectivity index (χ0) is 14.1. The largest absolute Gasteiger partial charge is 0.289 e. The van der Waals surface area contributed by atoms with Crippen molar-refractivity contribution < 1.29 is 4.79 Å². The number of ketones is 1. The highest BCUT2D eigenvalue weighted by atomic mass is 79.9. The molecule has 0 bridgehead atoms. The summed E-state index contributed by atoms with van der Waals surface area (Å²) in [5.74, 6) is 0.0231. The topological polar surface area (TPSA) is 17.1 Å². The Kier molecular flexibility index (Phi) is 3.72. The summed E-state index contributed by atoms with van der Waals surface area (Å²) in [5.41, 5.74) is 1.39. The molecule has 0 unspecified atom stereocenters. The first kappa shape index (κ1) is 13.5. The van der Waals surface area contributed by atoms with Crippen molar-refractivity contribution in [1.82, 2.24) is 0 Å². The third-order valence-corrected chi connectivity index (χ3v) is 4.39. The van der Waals surface area contributed by atoms with Gasteiger partial charge in [-0.15, -0.1) is 0 Å². The van der Waals surface area contributed by atoms with Gasteiger partial charge in [0.2, 0.25) is 0 Å². The number of fused-ring (bicyclic) bond motifs is 1. The van der Waals surface area contributed by atoms with Crippen LogP contribution < -0.4 is 0 Å². The van der Waals surface area contributed by atoms with Crippen molar-refractivity contribution in [2.24, 2.45) is 0 Å². The van der Waals surface area contributed by atoms with Gasteiger partial charge >= 0.3 is 0 Å². The van der Waals surface area contributed by atoms with E-state index in [0.29, 0.717) is 5.56 Å². The Bertz CT molecular complexity index is 804. The summed E-state index contributed by atoms with van der Waals surface area (Å²) in [6, 6.07) is 19.4. The normalized spacial score (nSPS) is 10.7. The van der Waals surface area contributed by atoms with Gasteiger partial charge in [0, 0.05) is 20.1 Å². The third kappa shape index (κ3) is 2.43. The molecule has 1 nitrogen and oxygen atoms in total. The molecule has 0 saturated carbocycles. The van der Waals surface area contributed by atoms with Gasteiger partial charge in [-0.05, 0) is 29.0 Å². The second-order valence-electron chi connectivity index (χ2n) is 4.48. The minimum absolute atomic E-state index is 0.0231. The molecule has 3 heteroatoms. The summed E-state index contributed by atoms with van der Waals surface area (Å²) in [6.07, 6.45) is 0. The van der Waals surface area contributed by atoms with Crippen LogP contribution in [0.4, 0.5) is 0 Å². The number of halogens is 2. The zero-order valence-electron chi connectivity index (χ0n) is 10.4. The minimum Gasteiger partial charge on any atom is -0.289 e. The quantitative estimate of drug-likeness (QED) is 0.521. The molecule has 0 heterocycles. The molecule has 0 aliphatic heterocycles. The van der Waals surface area contributed by atoms with Crippen molar-refractivity contribution in [2.45, 2.75) is 0 Å². The standard InChI is InChI=1S/C17H10Br2O/c18-12-8-9-16(19)15(10-12)17(20)14-7-3-5-11-4-1-2-6-13(11)14/h1-10H. The Morgan fingerprint density at radius 1 is 0.800 bits per heavy atom. The predicted octanol–water partition coefficient (Wildman–Crippen LogP) is 5.60.